The first-order valence-electron chi connectivity index (χ1n) is 14.7. The number of halogens is 4. The molecule has 1 unspecified atom stereocenters. The van der Waals surface area contributed by atoms with Gasteiger partial charge in [-0.2, -0.15) is 13.2 Å². The van der Waals surface area contributed by atoms with Crippen molar-refractivity contribution in [2.24, 2.45) is 7.05 Å². The number of hydrogen-bond acceptors (Lipinski definition) is 6. The van der Waals surface area contributed by atoms with Gasteiger partial charge in [0.15, 0.2) is 5.82 Å². The summed E-state index contributed by atoms with van der Waals surface area (Å²) in [5.74, 6) is -0.131. The monoisotopic (exact) mass is 606 g/mol. The molecule has 44 heavy (non-hydrogen) atoms. The van der Waals surface area contributed by atoms with E-state index in [4.69, 9.17) is 9.72 Å². The molecule has 228 valence electrons. The lowest BCUT2D eigenvalue weighted by molar-refractivity contribution is -0.138. The van der Waals surface area contributed by atoms with Crippen LogP contribution < -0.4 is 10.2 Å². The number of carbonyl (C=O) groups is 1. The van der Waals surface area contributed by atoms with Crippen LogP contribution in [-0.2, 0) is 31.1 Å². The van der Waals surface area contributed by atoms with Gasteiger partial charge in [0.25, 0.3) is 5.91 Å². The maximum Gasteiger partial charge on any atom is 0.416 e. The van der Waals surface area contributed by atoms with Gasteiger partial charge < -0.3 is 14.6 Å². The van der Waals surface area contributed by atoms with Crippen LogP contribution >= 0.6 is 0 Å². The van der Waals surface area contributed by atoms with Crippen LogP contribution in [0.2, 0.25) is 0 Å². The van der Waals surface area contributed by atoms with E-state index in [0.29, 0.717) is 34.7 Å². The average molecular weight is 607 g/mol. The van der Waals surface area contributed by atoms with Crippen LogP contribution in [0.1, 0.15) is 64.3 Å². The van der Waals surface area contributed by atoms with Gasteiger partial charge in [-0.1, -0.05) is 6.07 Å². The molecule has 1 aliphatic carbocycles. The third-order valence-electron chi connectivity index (χ3n) is 8.51. The number of pyridine rings is 1. The summed E-state index contributed by atoms with van der Waals surface area (Å²) in [6.45, 7) is 0.988. The lowest BCUT2D eigenvalue weighted by Gasteiger charge is -2.19. The number of alkyl halides is 3. The standard InChI is InChI=1S/C32H30F4N6O2/c1-41-17-38-40-30(41)24-13-21(33)6-7-23(24)20-11-28(19-4-5-19)39-29(12-20)42-14-26-25(31(42)43)9-18(10-27(26)32(34,35)36)15-44-16-22-3-2-8-37-22/h6-7,9-13,17,19,22,37H,2-5,8,14-16H2,1H3. The Balaban J connectivity index is 1.26. The fourth-order valence-corrected chi connectivity index (χ4v) is 6.11. The number of amides is 1. The normalized spacial score (nSPS) is 18.3. The van der Waals surface area contributed by atoms with Crippen molar-refractivity contribution in [3.8, 4) is 22.5 Å². The van der Waals surface area contributed by atoms with Crippen molar-refractivity contribution in [1.82, 2.24) is 25.1 Å². The Bertz CT molecular complexity index is 1740. The lowest BCUT2D eigenvalue weighted by Crippen LogP contribution is -2.26. The van der Waals surface area contributed by atoms with E-state index < -0.39 is 23.5 Å². The maximum absolute atomic E-state index is 14.4. The number of carbonyl (C=O) groups excluding carboxylic acids is 1. The molecule has 2 fully saturated rings. The highest BCUT2D eigenvalue weighted by Crippen LogP contribution is 2.44. The van der Waals surface area contributed by atoms with Gasteiger partial charge in [0.1, 0.15) is 18.0 Å². The highest BCUT2D eigenvalue weighted by Gasteiger charge is 2.41. The minimum atomic E-state index is -4.66. The van der Waals surface area contributed by atoms with Gasteiger partial charge >= 0.3 is 6.18 Å². The minimum absolute atomic E-state index is 0.000790. The molecule has 3 aliphatic rings. The summed E-state index contributed by atoms with van der Waals surface area (Å²) < 4.78 is 64.8. The molecular formula is C32H30F4N6O2. The topological polar surface area (TPSA) is 85.2 Å². The number of anilines is 1. The fraction of sp³-hybridized carbons (Fsp3) is 0.375. The van der Waals surface area contributed by atoms with Gasteiger partial charge in [-0.15, -0.1) is 10.2 Å². The van der Waals surface area contributed by atoms with Crippen molar-refractivity contribution in [1.29, 1.82) is 0 Å². The summed E-state index contributed by atoms with van der Waals surface area (Å²) >= 11 is 0. The van der Waals surface area contributed by atoms with Crippen molar-refractivity contribution in [3.05, 3.63) is 82.6 Å². The first-order valence-corrected chi connectivity index (χ1v) is 14.7. The molecule has 1 amide bonds. The number of benzene rings is 2. The molecule has 0 bridgehead atoms. The molecule has 8 nitrogen and oxygen atoms in total. The highest BCUT2D eigenvalue weighted by molar-refractivity contribution is 6.10. The zero-order valence-electron chi connectivity index (χ0n) is 24.0. The van der Waals surface area contributed by atoms with E-state index in [1.54, 1.807) is 23.7 Å². The molecule has 0 radical (unpaired) electrons. The molecule has 1 saturated heterocycles. The van der Waals surface area contributed by atoms with Crippen LogP contribution in [0.4, 0.5) is 23.4 Å². The zero-order chi connectivity index (χ0) is 30.6. The molecule has 4 aromatic rings. The summed E-state index contributed by atoms with van der Waals surface area (Å²) in [6.07, 6.45) is 0.690. The quantitative estimate of drug-likeness (QED) is 0.248. The van der Waals surface area contributed by atoms with Gasteiger partial charge in [0.05, 0.1) is 25.3 Å². The molecule has 1 N–H and O–H groups in total. The number of aryl methyl sites for hydroxylation is 1. The summed E-state index contributed by atoms with van der Waals surface area (Å²) in [4.78, 5) is 19.9. The number of aromatic nitrogens is 4. The summed E-state index contributed by atoms with van der Waals surface area (Å²) in [5.41, 5.74) is 1.91. The first-order chi connectivity index (χ1) is 21.2. The van der Waals surface area contributed by atoms with E-state index in [1.807, 2.05) is 6.07 Å². The number of rotatable bonds is 8. The lowest BCUT2D eigenvalue weighted by atomic mass is 9.98. The van der Waals surface area contributed by atoms with Crippen molar-refractivity contribution >= 4 is 11.7 Å². The number of ether oxygens (including phenoxy) is 1. The van der Waals surface area contributed by atoms with Gasteiger partial charge in [0.2, 0.25) is 0 Å². The molecule has 2 aromatic carbocycles. The van der Waals surface area contributed by atoms with Crippen LogP contribution in [0.15, 0.2) is 48.8 Å². The number of nitrogens with one attached hydrogen (secondary N) is 1. The van der Waals surface area contributed by atoms with Crippen LogP contribution in [0.3, 0.4) is 0 Å². The van der Waals surface area contributed by atoms with E-state index in [0.717, 1.165) is 44.0 Å². The van der Waals surface area contributed by atoms with Gasteiger partial charge in [0, 0.05) is 35.8 Å². The summed E-state index contributed by atoms with van der Waals surface area (Å²) in [7, 11) is 1.75. The van der Waals surface area contributed by atoms with Crippen molar-refractivity contribution in [2.45, 2.75) is 57.0 Å². The van der Waals surface area contributed by atoms with Crippen molar-refractivity contribution in [2.75, 3.05) is 18.1 Å². The molecule has 1 atom stereocenters. The molecule has 12 heteroatoms. The third kappa shape index (κ3) is 5.48. The van der Waals surface area contributed by atoms with Crippen molar-refractivity contribution in [3.63, 3.8) is 0 Å². The molecule has 7 rings (SSSR count). The van der Waals surface area contributed by atoms with E-state index >= 15 is 0 Å². The maximum atomic E-state index is 14.4. The Morgan fingerprint density at radius 3 is 2.59 bits per heavy atom. The summed E-state index contributed by atoms with van der Waals surface area (Å²) in [5, 5.41) is 11.4. The predicted molar refractivity (Wildman–Crippen MR) is 154 cm³/mol. The Hall–Kier alpha value is -4.16. The Morgan fingerprint density at radius 1 is 1.05 bits per heavy atom. The Kier molecular flexibility index (Phi) is 7.20. The Labute approximate surface area is 251 Å². The van der Waals surface area contributed by atoms with Crippen LogP contribution in [0.5, 0.6) is 0 Å². The minimum Gasteiger partial charge on any atom is -0.375 e. The van der Waals surface area contributed by atoms with Crippen LogP contribution in [0.25, 0.3) is 22.5 Å². The predicted octanol–water partition coefficient (Wildman–Crippen LogP) is 6.01. The molecular weight excluding hydrogens is 576 g/mol. The highest BCUT2D eigenvalue weighted by atomic mass is 19.4. The fourth-order valence-electron chi connectivity index (χ4n) is 6.11. The van der Waals surface area contributed by atoms with E-state index in [9.17, 15) is 22.4 Å². The number of nitrogens with zero attached hydrogens (tertiary/aromatic N) is 5. The van der Waals surface area contributed by atoms with Crippen LogP contribution in [-0.4, -0.2) is 44.8 Å². The second-order valence-corrected chi connectivity index (χ2v) is 11.7. The third-order valence-corrected chi connectivity index (χ3v) is 8.51. The van der Waals surface area contributed by atoms with Gasteiger partial charge in [-0.3, -0.25) is 9.69 Å². The smallest absolute Gasteiger partial charge is 0.375 e. The summed E-state index contributed by atoms with van der Waals surface area (Å²) in [6, 6.07) is 10.7. The molecule has 0 spiro atoms. The largest absolute Gasteiger partial charge is 0.416 e. The van der Waals surface area contributed by atoms with E-state index in [1.165, 1.54) is 29.4 Å². The van der Waals surface area contributed by atoms with Crippen LogP contribution in [0, 0.1) is 5.82 Å². The second-order valence-electron chi connectivity index (χ2n) is 11.7. The first kappa shape index (κ1) is 28.6. The van der Waals surface area contributed by atoms with E-state index in [2.05, 4.69) is 15.5 Å². The zero-order valence-corrected chi connectivity index (χ0v) is 24.0. The number of fused-ring (bicyclic) bond motifs is 1. The second kappa shape index (κ2) is 11.1. The van der Waals surface area contributed by atoms with Gasteiger partial charge in [-0.25, -0.2) is 9.37 Å². The van der Waals surface area contributed by atoms with E-state index in [-0.39, 0.29) is 42.1 Å². The molecule has 4 heterocycles. The average Bonchev–Trinajstić information content (AvgIpc) is 3.38. The Morgan fingerprint density at radius 2 is 1.89 bits per heavy atom. The SMILES string of the molecule is Cn1cnnc1-c1cc(F)ccc1-c1cc(C2CC2)nc(N2Cc3c(cc(COCC4CCCN4)cc3C(F)(F)F)C2=O)c1. The van der Waals surface area contributed by atoms with Gasteiger partial charge in [-0.05, 0) is 90.9 Å². The van der Waals surface area contributed by atoms with Crippen molar-refractivity contribution < 1.29 is 27.1 Å². The molecule has 2 aromatic heterocycles. The molecule has 1 saturated carbocycles. The molecule has 2 aliphatic heterocycles. The number of hydrogen-bond donors (Lipinski definition) is 1.